The predicted molar refractivity (Wildman–Crippen MR) is 151 cm³/mol. The van der Waals surface area contributed by atoms with Crippen LogP contribution in [0, 0.1) is 6.92 Å². The molecule has 0 saturated carbocycles. The molecule has 194 valence electrons. The van der Waals surface area contributed by atoms with Crippen molar-refractivity contribution >= 4 is 16.9 Å². The number of carbonyl (C=O) groups is 1. The SMILES string of the molecule is CCc1ccc(OCCCCn2c(CCCCCNC(=O)c3cccc(C)c3)nc3ccccc32)cc1. The Kier molecular flexibility index (Phi) is 9.75. The summed E-state index contributed by atoms with van der Waals surface area (Å²) in [6.07, 6.45) is 7.12. The van der Waals surface area contributed by atoms with Crippen molar-refractivity contribution in [1.29, 1.82) is 0 Å². The zero-order chi connectivity index (χ0) is 25.9. The number of nitrogens with one attached hydrogen (secondary N) is 1. The van der Waals surface area contributed by atoms with Crippen LogP contribution >= 0.6 is 0 Å². The minimum Gasteiger partial charge on any atom is -0.494 e. The second-order valence-corrected chi connectivity index (χ2v) is 9.66. The van der Waals surface area contributed by atoms with Crippen LogP contribution in [0.3, 0.4) is 0 Å². The first-order valence-electron chi connectivity index (χ1n) is 13.6. The molecule has 4 aromatic rings. The number of hydrogen-bond donors (Lipinski definition) is 1. The third-order valence-corrected chi connectivity index (χ3v) is 6.75. The Hall–Kier alpha value is -3.60. The first-order valence-corrected chi connectivity index (χ1v) is 13.6. The van der Waals surface area contributed by atoms with Crippen LogP contribution in [-0.4, -0.2) is 28.6 Å². The molecule has 0 radical (unpaired) electrons. The summed E-state index contributed by atoms with van der Waals surface area (Å²) in [5.74, 6) is 2.11. The van der Waals surface area contributed by atoms with E-state index in [1.54, 1.807) is 0 Å². The largest absolute Gasteiger partial charge is 0.494 e. The fourth-order valence-electron chi connectivity index (χ4n) is 4.62. The summed E-state index contributed by atoms with van der Waals surface area (Å²) < 4.78 is 8.32. The molecule has 5 nitrogen and oxygen atoms in total. The Morgan fingerprint density at radius 2 is 1.76 bits per heavy atom. The molecule has 0 aliphatic heterocycles. The summed E-state index contributed by atoms with van der Waals surface area (Å²) in [4.78, 5) is 17.2. The quantitative estimate of drug-likeness (QED) is 0.193. The first-order chi connectivity index (χ1) is 18.1. The average Bonchev–Trinajstić information content (AvgIpc) is 3.28. The standard InChI is InChI=1S/C32H39N3O2/c1-3-26-17-19-28(20-18-26)37-23-10-9-22-35-30-15-7-6-14-29(30)34-31(35)16-5-4-8-21-33-32(36)27-13-11-12-25(2)24-27/h6-7,11-15,17-20,24H,3-5,8-10,16,21-23H2,1-2H3,(H,33,36). The minimum absolute atomic E-state index is 0.00689. The number of aryl methyl sites for hydroxylation is 4. The van der Waals surface area contributed by atoms with E-state index in [0.717, 1.165) is 86.3 Å². The van der Waals surface area contributed by atoms with Crippen LogP contribution in [0.2, 0.25) is 0 Å². The summed E-state index contributed by atoms with van der Waals surface area (Å²) in [5.41, 5.74) is 5.44. The van der Waals surface area contributed by atoms with Crippen molar-refractivity contribution in [1.82, 2.24) is 14.9 Å². The second-order valence-electron chi connectivity index (χ2n) is 9.66. The average molecular weight is 498 g/mol. The van der Waals surface area contributed by atoms with Gasteiger partial charge in [-0.1, -0.05) is 55.3 Å². The van der Waals surface area contributed by atoms with E-state index in [4.69, 9.17) is 9.72 Å². The number of carbonyl (C=O) groups excluding carboxylic acids is 1. The van der Waals surface area contributed by atoms with Crippen molar-refractivity contribution in [3.63, 3.8) is 0 Å². The van der Waals surface area contributed by atoms with Gasteiger partial charge in [0, 0.05) is 25.1 Å². The van der Waals surface area contributed by atoms with E-state index in [0.29, 0.717) is 6.54 Å². The number of fused-ring (bicyclic) bond motifs is 1. The molecule has 0 atom stereocenters. The summed E-state index contributed by atoms with van der Waals surface area (Å²) in [6.45, 7) is 6.54. The smallest absolute Gasteiger partial charge is 0.251 e. The summed E-state index contributed by atoms with van der Waals surface area (Å²) >= 11 is 0. The van der Waals surface area contributed by atoms with Crippen LogP contribution in [-0.2, 0) is 19.4 Å². The van der Waals surface area contributed by atoms with Gasteiger partial charge in [0.2, 0.25) is 0 Å². The number of hydrogen-bond acceptors (Lipinski definition) is 3. The van der Waals surface area contributed by atoms with Gasteiger partial charge in [0.1, 0.15) is 11.6 Å². The number of unbranched alkanes of at least 4 members (excludes halogenated alkanes) is 3. The topological polar surface area (TPSA) is 56.1 Å². The Balaban J connectivity index is 1.21. The maximum Gasteiger partial charge on any atom is 0.251 e. The van der Waals surface area contributed by atoms with Gasteiger partial charge in [0.15, 0.2) is 0 Å². The number of nitrogens with zero attached hydrogens (tertiary/aromatic N) is 2. The Morgan fingerprint density at radius 1 is 0.919 bits per heavy atom. The normalized spacial score (nSPS) is 11.1. The Labute approximate surface area is 220 Å². The molecule has 0 fully saturated rings. The van der Waals surface area contributed by atoms with Gasteiger partial charge in [0.05, 0.1) is 17.6 Å². The lowest BCUT2D eigenvalue weighted by atomic mass is 10.1. The van der Waals surface area contributed by atoms with Crippen LogP contribution in [0.5, 0.6) is 5.75 Å². The molecule has 1 heterocycles. The fraction of sp³-hybridized carbons (Fsp3) is 0.375. The molecule has 0 unspecified atom stereocenters. The lowest BCUT2D eigenvalue weighted by Gasteiger charge is -2.11. The Bertz CT molecular complexity index is 1280. The molecular weight excluding hydrogens is 458 g/mol. The number of ether oxygens (including phenoxy) is 1. The van der Waals surface area contributed by atoms with Crippen LogP contribution in [0.25, 0.3) is 11.0 Å². The van der Waals surface area contributed by atoms with Gasteiger partial charge >= 0.3 is 0 Å². The molecule has 0 aliphatic rings. The highest BCUT2D eigenvalue weighted by molar-refractivity contribution is 5.94. The van der Waals surface area contributed by atoms with Crippen molar-refractivity contribution < 1.29 is 9.53 Å². The Morgan fingerprint density at radius 3 is 2.57 bits per heavy atom. The molecule has 0 aliphatic carbocycles. The summed E-state index contributed by atoms with van der Waals surface area (Å²) in [7, 11) is 0. The number of amides is 1. The molecule has 0 bridgehead atoms. The third-order valence-electron chi connectivity index (χ3n) is 6.75. The zero-order valence-electron chi connectivity index (χ0n) is 22.2. The van der Waals surface area contributed by atoms with Crippen molar-refractivity contribution in [2.75, 3.05) is 13.2 Å². The van der Waals surface area contributed by atoms with Crippen molar-refractivity contribution in [3.8, 4) is 5.75 Å². The number of benzene rings is 3. The van der Waals surface area contributed by atoms with Crippen LogP contribution in [0.1, 0.15) is 66.3 Å². The van der Waals surface area contributed by atoms with Crippen LogP contribution in [0.15, 0.2) is 72.8 Å². The van der Waals surface area contributed by atoms with E-state index in [-0.39, 0.29) is 5.91 Å². The number of rotatable bonds is 14. The number of aromatic nitrogens is 2. The van der Waals surface area contributed by atoms with Crippen molar-refractivity contribution in [2.24, 2.45) is 0 Å². The second kappa shape index (κ2) is 13.6. The molecule has 1 aromatic heterocycles. The molecule has 0 spiro atoms. The van der Waals surface area contributed by atoms with Gasteiger partial charge in [-0.05, 0) is 81.0 Å². The monoisotopic (exact) mass is 497 g/mol. The fourth-order valence-corrected chi connectivity index (χ4v) is 4.62. The zero-order valence-corrected chi connectivity index (χ0v) is 22.2. The highest BCUT2D eigenvalue weighted by Crippen LogP contribution is 2.19. The highest BCUT2D eigenvalue weighted by Gasteiger charge is 2.10. The van der Waals surface area contributed by atoms with E-state index in [1.165, 1.54) is 11.1 Å². The predicted octanol–water partition coefficient (Wildman–Crippen LogP) is 6.91. The first kappa shape index (κ1) is 26.5. The molecule has 0 saturated heterocycles. The van der Waals surface area contributed by atoms with Gasteiger partial charge in [-0.2, -0.15) is 0 Å². The highest BCUT2D eigenvalue weighted by atomic mass is 16.5. The number of imidazole rings is 1. The van der Waals surface area contributed by atoms with Gasteiger partial charge < -0.3 is 14.6 Å². The lowest BCUT2D eigenvalue weighted by Crippen LogP contribution is -2.24. The molecule has 4 rings (SSSR count). The summed E-state index contributed by atoms with van der Waals surface area (Å²) in [6, 6.07) is 24.5. The van der Waals surface area contributed by atoms with Gasteiger partial charge in [-0.15, -0.1) is 0 Å². The lowest BCUT2D eigenvalue weighted by molar-refractivity contribution is 0.0953. The summed E-state index contributed by atoms with van der Waals surface area (Å²) in [5, 5.41) is 3.04. The minimum atomic E-state index is 0.00689. The molecule has 3 aromatic carbocycles. The molecule has 1 amide bonds. The molecular formula is C32H39N3O2. The van der Waals surface area contributed by atoms with Gasteiger partial charge in [-0.25, -0.2) is 4.98 Å². The maximum atomic E-state index is 12.3. The van der Waals surface area contributed by atoms with E-state index in [2.05, 4.69) is 65.3 Å². The van der Waals surface area contributed by atoms with Crippen LogP contribution in [0.4, 0.5) is 0 Å². The van der Waals surface area contributed by atoms with E-state index >= 15 is 0 Å². The maximum absolute atomic E-state index is 12.3. The van der Waals surface area contributed by atoms with Crippen molar-refractivity contribution in [2.45, 2.75) is 65.3 Å². The van der Waals surface area contributed by atoms with E-state index in [1.807, 2.05) is 31.2 Å². The molecule has 5 heteroatoms. The third kappa shape index (κ3) is 7.69. The van der Waals surface area contributed by atoms with Crippen LogP contribution < -0.4 is 10.1 Å². The van der Waals surface area contributed by atoms with Gasteiger partial charge in [-0.3, -0.25) is 4.79 Å². The van der Waals surface area contributed by atoms with E-state index < -0.39 is 0 Å². The van der Waals surface area contributed by atoms with E-state index in [9.17, 15) is 4.79 Å². The van der Waals surface area contributed by atoms with Gasteiger partial charge in [0.25, 0.3) is 5.91 Å². The van der Waals surface area contributed by atoms with Crippen molar-refractivity contribution in [3.05, 3.63) is 95.3 Å². The number of para-hydroxylation sites is 2. The molecule has 37 heavy (non-hydrogen) atoms. The molecule has 1 N–H and O–H groups in total.